The lowest BCUT2D eigenvalue weighted by molar-refractivity contribution is 1.19. The lowest BCUT2D eigenvalue weighted by Gasteiger charge is -2.11. The predicted octanol–water partition coefficient (Wildman–Crippen LogP) is 6.46. The zero-order valence-corrected chi connectivity index (χ0v) is 14.9. The Bertz CT molecular complexity index is 747. The van der Waals surface area contributed by atoms with E-state index in [4.69, 9.17) is 23.2 Å². The van der Waals surface area contributed by atoms with Gasteiger partial charge in [0.2, 0.25) is 0 Å². The number of nitrogens with zero attached hydrogens (tertiary/aromatic N) is 2. The standard InChI is InChI=1S/C12H8BrCl2N3S2/c1-5-7(13)2-6(19-5)4-16-10-8(14)3-9(15)11-12(10)18-20-17-11/h2-3,16H,4H2,1H3. The summed E-state index contributed by atoms with van der Waals surface area (Å²) in [7, 11) is 0. The number of aryl methyl sites for hydroxylation is 1. The maximum absolute atomic E-state index is 6.25. The molecule has 0 amide bonds. The number of anilines is 1. The van der Waals surface area contributed by atoms with Crippen molar-refractivity contribution in [2.24, 2.45) is 8.73 Å². The van der Waals surface area contributed by atoms with Gasteiger partial charge in [0.25, 0.3) is 0 Å². The molecule has 0 radical (unpaired) electrons. The second-order valence-corrected chi connectivity index (χ2v) is 7.69. The number of nitrogens with one attached hydrogen (secondary N) is 1. The number of hydrogen-bond donors (Lipinski definition) is 1. The van der Waals surface area contributed by atoms with E-state index in [2.05, 4.69) is 43.0 Å². The molecule has 1 aromatic carbocycles. The summed E-state index contributed by atoms with van der Waals surface area (Å²) in [6.07, 6.45) is 0. The number of benzene rings is 1. The fourth-order valence-electron chi connectivity index (χ4n) is 1.82. The predicted molar refractivity (Wildman–Crippen MR) is 92.1 cm³/mol. The molecule has 8 heteroatoms. The highest BCUT2D eigenvalue weighted by Gasteiger charge is 2.18. The maximum Gasteiger partial charge on any atom is 0.130 e. The van der Waals surface area contributed by atoms with Gasteiger partial charge in [0.15, 0.2) is 0 Å². The third-order valence-electron chi connectivity index (χ3n) is 2.79. The highest BCUT2D eigenvalue weighted by atomic mass is 79.9. The Morgan fingerprint density at radius 1 is 1.20 bits per heavy atom. The second-order valence-electron chi connectivity index (χ2n) is 4.15. The quantitative estimate of drug-likeness (QED) is 0.529. The first-order valence-electron chi connectivity index (χ1n) is 5.65. The van der Waals surface area contributed by atoms with Gasteiger partial charge in [-0.15, -0.1) is 11.3 Å². The summed E-state index contributed by atoms with van der Waals surface area (Å²) < 4.78 is 9.58. The molecule has 0 saturated heterocycles. The summed E-state index contributed by atoms with van der Waals surface area (Å²) in [5, 5.41) is 4.41. The molecule has 1 N–H and O–H groups in total. The Morgan fingerprint density at radius 2 is 1.95 bits per heavy atom. The van der Waals surface area contributed by atoms with Crippen LogP contribution in [-0.2, 0) is 17.9 Å². The van der Waals surface area contributed by atoms with Crippen LogP contribution in [0.15, 0.2) is 25.3 Å². The van der Waals surface area contributed by atoms with Crippen molar-refractivity contribution in [3.05, 3.63) is 36.4 Å². The van der Waals surface area contributed by atoms with Gasteiger partial charge < -0.3 is 5.32 Å². The Morgan fingerprint density at radius 3 is 2.65 bits per heavy atom. The average Bonchev–Trinajstić information content (AvgIpc) is 2.97. The van der Waals surface area contributed by atoms with E-state index >= 15 is 0 Å². The van der Waals surface area contributed by atoms with Crippen molar-refractivity contribution in [3.63, 3.8) is 0 Å². The van der Waals surface area contributed by atoms with Gasteiger partial charge >= 0.3 is 0 Å². The van der Waals surface area contributed by atoms with E-state index in [1.807, 2.05) is 0 Å². The highest BCUT2D eigenvalue weighted by Crippen LogP contribution is 2.47. The molecule has 1 aliphatic rings. The normalized spacial score (nSPS) is 12.4. The van der Waals surface area contributed by atoms with Crippen LogP contribution in [0, 0.1) is 6.92 Å². The van der Waals surface area contributed by atoms with E-state index in [0.29, 0.717) is 22.3 Å². The van der Waals surface area contributed by atoms with Crippen LogP contribution in [0.25, 0.3) is 0 Å². The molecule has 2 heterocycles. The summed E-state index contributed by atoms with van der Waals surface area (Å²) in [6.45, 7) is 2.77. The first kappa shape index (κ1) is 14.5. The first-order chi connectivity index (χ1) is 9.56. The molecule has 0 aliphatic carbocycles. The lowest BCUT2D eigenvalue weighted by Crippen LogP contribution is -1.98. The van der Waals surface area contributed by atoms with Crippen LogP contribution in [0.1, 0.15) is 9.75 Å². The molecule has 0 unspecified atom stereocenters. The first-order valence-corrected chi connectivity index (χ1v) is 8.75. The molecule has 2 aromatic rings. The summed E-state index contributed by atoms with van der Waals surface area (Å²) in [6, 6.07) is 3.80. The van der Waals surface area contributed by atoms with Crippen molar-refractivity contribution >= 4 is 78.9 Å². The number of thiophene rings is 1. The number of rotatable bonds is 3. The van der Waals surface area contributed by atoms with Gasteiger partial charge in [0.05, 0.1) is 27.1 Å². The molecular formula is C12H8BrCl2N3S2. The second kappa shape index (κ2) is 5.77. The molecule has 20 heavy (non-hydrogen) atoms. The minimum atomic E-state index is 0.527. The van der Waals surface area contributed by atoms with Gasteiger partial charge in [-0.3, -0.25) is 0 Å². The van der Waals surface area contributed by atoms with Crippen molar-refractivity contribution < 1.29 is 0 Å². The fourth-order valence-corrected chi connectivity index (χ4v) is 4.54. The molecule has 0 bridgehead atoms. The lowest BCUT2D eigenvalue weighted by atomic mass is 10.2. The summed E-state index contributed by atoms with van der Waals surface area (Å²) in [4.78, 5) is 2.47. The summed E-state index contributed by atoms with van der Waals surface area (Å²) >= 11 is 18.7. The van der Waals surface area contributed by atoms with Crippen LogP contribution in [0.4, 0.5) is 17.1 Å². The van der Waals surface area contributed by atoms with Crippen molar-refractivity contribution in [1.82, 2.24) is 0 Å². The molecule has 0 saturated carbocycles. The zero-order chi connectivity index (χ0) is 14.3. The van der Waals surface area contributed by atoms with Crippen LogP contribution in [0.5, 0.6) is 0 Å². The molecular weight excluding hydrogens is 401 g/mol. The van der Waals surface area contributed by atoms with Crippen molar-refractivity contribution in [1.29, 1.82) is 0 Å². The van der Waals surface area contributed by atoms with Crippen LogP contribution >= 0.6 is 50.5 Å². The monoisotopic (exact) mass is 407 g/mol. The van der Waals surface area contributed by atoms with E-state index in [9.17, 15) is 0 Å². The zero-order valence-electron chi connectivity index (χ0n) is 10.2. The molecule has 0 fully saturated rings. The molecule has 3 rings (SSSR count). The van der Waals surface area contributed by atoms with Gasteiger partial charge in [-0.1, -0.05) is 23.2 Å². The largest absolute Gasteiger partial charge is 0.377 e. The number of fused-ring (bicyclic) bond motifs is 1. The fraction of sp³-hybridized carbons (Fsp3) is 0.167. The SMILES string of the molecule is Cc1sc(CNc2c(Cl)cc(Cl)c3c2N=S=N3)cc1Br. The molecule has 1 aromatic heterocycles. The summed E-state index contributed by atoms with van der Waals surface area (Å²) in [5.41, 5.74) is 2.19. The Balaban J connectivity index is 1.89. The van der Waals surface area contributed by atoms with Crippen molar-refractivity contribution in [2.75, 3.05) is 5.32 Å². The van der Waals surface area contributed by atoms with Gasteiger partial charge in [-0.25, -0.2) is 0 Å². The molecule has 0 atom stereocenters. The van der Waals surface area contributed by atoms with E-state index < -0.39 is 0 Å². The topological polar surface area (TPSA) is 36.8 Å². The van der Waals surface area contributed by atoms with Crippen molar-refractivity contribution in [2.45, 2.75) is 13.5 Å². The Labute approximate surface area is 142 Å². The number of hydrogen-bond acceptors (Lipinski definition) is 4. The van der Waals surface area contributed by atoms with E-state index in [1.54, 1.807) is 17.4 Å². The summed E-state index contributed by atoms with van der Waals surface area (Å²) in [5.74, 6) is 0. The van der Waals surface area contributed by atoms with Crippen LogP contribution < -0.4 is 5.32 Å². The van der Waals surface area contributed by atoms with Crippen LogP contribution in [0.3, 0.4) is 0 Å². The van der Waals surface area contributed by atoms with Gasteiger partial charge in [-0.2, -0.15) is 8.73 Å². The highest BCUT2D eigenvalue weighted by molar-refractivity contribution is 9.10. The van der Waals surface area contributed by atoms with Gasteiger partial charge in [0, 0.05) is 20.8 Å². The third kappa shape index (κ3) is 2.67. The van der Waals surface area contributed by atoms with Crippen LogP contribution in [0.2, 0.25) is 10.0 Å². The van der Waals surface area contributed by atoms with Crippen LogP contribution in [-0.4, -0.2) is 0 Å². The average molecular weight is 409 g/mol. The van der Waals surface area contributed by atoms with E-state index in [1.165, 1.54) is 9.75 Å². The minimum absolute atomic E-state index is 0.527. The number of halogens is 3. The molecule has 104 valence electrons. The van der Waals surface area contributed by atoms with E-state index in [0.717, 1.165) is 27.2 Å². The minimum Gasteiger partial charge on any atom is -0.377 e. The maximum atomic E-state index is 6.25. The third-order valence-corrected chi connectivity index (χ3v) is 6.04. The Hall–Kier alpha value is -0.400. The van der Waals surface area contributed by atoms with Gasteiger partial charge in [0.1, 0.15) is 11.4 Å². The molecule has 1 aliphatic heterocycles. The van der Waals surface area contributed by atoms with Crippen molar-refractivity contribution in [3.8, 4) is 0 Å². The molecule has 3 nitrogen and oxygen atoms in total. The smallest absolute Gasteiger partial charge is 0.130 e. The Kier molecular flexibility index (Phi) is 4.19. The molecule has 0 spiro atoms. The van der Waals surface area contributed by atoms with Gasteiger partial charge in [-0.05, 0) is 35.0 Å². The van der Waals surface area contributed by atoms with E-state index in [-0.39, 0.29) is 0 Å².